The normalized spacial score (nSPS) is 24.3. The maximum atomic E-state index is 13.8. The van der Waals surface area contributed by atoms with Crippen molar-refractivity contribution in [3.8, 4) is 17.2 Å². The van der Waals surface area contributed by atoms with E-state index in [2.05, 4.69) is 0 Å². The molecule has 18 N–H and O–H groups in total. The number of amides is 3. The summed E-state index contributed by atoms with van der Waals surface area (Å²) in [7, 11) is 10.6. The average Bonchev–Trinajstić information content (AvgIpc) is 0.716. The number of aliphatic hydroxyl groups is 9. The first-order chi connectivity index (χ1) is 51.1. The zero-order valence-corrected chi connectivity index (χ0v) is 62.4. The summed E-state index contributed by atoms with van der Waals surface area (Å²) < 4.78 is 0.465. The van der Waals surface area contributed by atoms with Crippen molar-refractivity contribution in [1.82, 2.24) is 0 Å². The van der Waals surface area contributed by atoms with E-state index in [1.54, 1.807) is 86.5 Å². The summed E-state index contributed by atoms with van der Waals surface area (Å²) >= 11 is 2.82. The molecule has 3 saturated carbocycles. The zero-order valence-electron chi connectivity index (χ0n) is 59.5. The molecule has 5 aromatic carbocycles. The van der Waals surface area contributed by atoms with E-state index >= 15 is 0 Å². The van der Waals surface area contributed by atoms with Crippen LogP contribution in [-0.2, 0) is 62.4 Å². The van der Waals surface area contributed by atoms with Crippen molar-refractivity contribution < 1.29 is 114 Å². The highest BCUT2D eigenvalue weighted by atomic mass is 127. The van der Waals surface area contributed by atoms with Crippen LogP contribution in [0.15, 0.2) is 128 Å². The standard InChI is InChI=1S/C29H28N2O8S.C28H26N2O8.C21H21IN2O7.4CH4/c1-12-4-6-15(7-5-12)40-28(38)17-11-18(31(2)3)16-9-13-8-14-10-19(32)22(27(30)37)26(36)29(14,39)25(35)20(13)24(34)21(16)23(17)33;1-30(2)17-11-16(22(32)12-6-4-3-5-7-12)23(33)20-15(17)9-13-8-14-10-18(31)21(27(29)37)26(36)28(14,38)25(35)19(13)24(20)34;1-24(2)11-6-10(22)16(26)14-9(11)4-7-3-8-5-12(25)15(20(23)30)19(29)21(8,31)18(28)13(7)17(14)27;;;;/h4-7,11,13-14,33-34,36,39H,8-10H2,1-3H3,(H2,30,37);3-7,11,13-14,33-34,36,38H,8-10H2,1-2H3,(H2,29,37);6-8,26-27,29,31H,3-5H2,1-2H3,(H2,23,30);4*1H4/t13-,14+,29+;13-,14+,28+;7-,8+,21+;;;;/m111..../s1. The summed E-state index contributed by atoms with van der Waals surface area (Å²) in [4.78, 5) is 146. The number of hydrogen-bond acceptors (Lipinski definition) is 27. The summed E-state index contributed by atoms with van der Waals surface area (Å²) in [6.45, 7) is 1.92. The Bertz CT molecular complexity index is 5230. The van der Waals surface area contributed by atoms with Gasteiger partial charge in [-0.05, 0) is 145 Å². The highest BCUT2D eigenvalue weighted by Gasteiger charge is 2.64. The first-order valence-corrected chi connectivity index (χ1v) is 36.1. The quantitative estimate of drug-likeness (QED) is 0.0272. The van der Waals surface area contributed by atoms with Crippen molar-refractivity contribution in [2.45, 2.75) is 116 Å². The number of aliphatic hydroxyl groups excluding tert-OH is 6. The van der Waals surface area contributed by atoms with Gasteiger partial charge in [0.2, 0.25) is 22.5 Å². The van der Waals surface area contributed by atoms with Gasteiger partial charge < -0.3 is 93.2 Å². The van der Waals surface area contributed by atoms with Gasteiger partial charge in [-0.25, -0.2) is 0 Å². The predicted octanol–water partition coefficient (Wildman–Crippen LogP) is 8.09. The molecule has 9 aliphatic rings. The summed E-state index contributed by atoms with van der Waals surface area (Å²) in [6, 6.07) is 20.3. The number of hydrogen-bond donors (Lipinski definition) is 15. The Kier molecular flexibility index (Phi) is 24.3. The SMILES string of the molecule is C.C.C.C.CN(C)c1cc(C(=O)c2ccccc2)c(O)c2c1C[C@H]1C[C@H]3CC(=O)C(C(N)=O)=C(O)[C@@]3(O)C(=O)C1=C2O.CN(C)c1cc(I)c(O)c2c1C[C@H]1C[C@H]3CC(=O)C(C(N)=O)=C(O)[C@@]3(O)C(=O)C1=C2O.Cc1ccc(SC(=O)c2cc(N(C)C)c3c(c2O)C(O)=C2C(=O)[C@]4(O)C(O)=C(C(N)=O)C(=O)C[C@@H]4C[C@@H]2C3)cc1. The van der Waals surface area contributed by atoms with Gasteiger partial charge in [-0.3, -0.25) is 52.7 Å². The number of fused-ring (bicyclic) bond motifs is 9. The van der Waals surface area contributed by atoms with Gasteiger partial charge in [0.05, 0.1) is 31.4 Å². The number of halogens is 1. The van der Waals surface area contributed by atoms with Gasteiger partial charge >= 0.3 is 0 Å². The van der Waals surface area contributed by atoms with E-state index in [1.807, 2.05) is 60.6 Å². The second-order valence-corrected chi connectivity index (χ2v) is 31.4. The number of benzene rings is 5. The molecule has 0 aliphatic heterocycles. The molecule has 3 fully saturated rings. The second kappa shape index (κ2) is 31.4. The topological polar surface area (TPSA) is 518 Å². The van der Waals surface area contributed by atoms with Gasteiger partial charge in [0, 0.05) is 124 Å². The molecule has 113 heavy (non-hydrogen) atoms. The number of ketones is 7. The number of Topliss-reactive ketones (excluding diaryl/α,β-unsaturated/α-hetero) is 6. The Morgan fingerprint density at radius 3 is 1.08 bits per heavy atom. The molecule has 0 radical (unpaired) electrons. The molecule has 0 heterocycles. The lowest BCUT2D eigenvalue weighted by atomic mass is 9.59. The number of aryl methyl sites for hydroxylation is 1. The number of nitrogens with zero attached hydrogens (tertiary/aromatic N) is 3. The van der Waals surface area contributed by atoms with Crippen molar-refractivity contribution in [3.63, 3.8) is 0 Å². The van der Waals surface area contributed by atoms with Gasteiger partial charge in [-0.1, -0.05) is 77.7 Å². The molecule has 600 valence electrons. The fourth-order valence-electron chi connectivity index (χ4n) is 17.0. The van der Waals surface area contributed by atoms with Gasteiger partial charge in [-0.15, -0.1) is 0 Å². The molecule has 9 atom stereocenters. The van der Waals surface area contributed by atoms with Crippen molar-refractivity contribution in [2.75, 3.05) is 57.0 Å². The monoisotopic (exact) mass is 1690 g/mol. The van der Waals surface area contributed by atoms with Gasteiger partial charge in [0.25, 0.3) is 17.7 Å². The molecule has 0 saturated heterocycles. The van der Waals surface area contributed by atoms with E-state index in [4.69, 9.17) is 17.2 Å². The van der Waals surface area contributed by atoms with Crippen LogP contribution in [0.5, 0.6) is 17.2 Å². The van der Waals surface area contributed by atoms with E-state index in [0.717, 1.165) is 23.0 Å². The van der Waals surface area contributed by atoms with Crippen LogP contribution in [0, 0.1) is 46.0 Å². The number of phenolic OH excluding ortho intramolecular Hbond substituents is 3. The third kappa shape index (κ3) is 13.6. The van der Waals surface area contributed by atoms with Crippen molar-refractivity contribution in [3.05, 3.63) is 183 Å². The molecule has 9 aliphatic carbocycles. The Balaban J connectivity index is 0.000000210. The molecule has 29 nitrogen and oxygen atoms in total. The highest BCUT2D eigenvalue weighted by Crippen LogP contribution is 2.58. The number of phenols is 3. The van der Waals surface area contributed by atoms with Gasteiger partial charge in [-0.2, -0.15) is 0 Å². The zero-order chi connectivity index (χ0) is 79.9. The van der Waals surface area contributed by atoms with Crippen molar-refractivity contribution in [2.24, 2.45) is 52.7 Å². The number of carbonyl (C=O) groups is 11. The van der Waals surface area contributed by atoms with Crippen LogP contribution in [0.25, 0.3) is 17.3 Å². The molecule has 3 amide bonds. The number of carbonyl (C=O) groups excluding carboxylic acids is 11. The lowest BCUT2D eigenvalue weighted by Gasteiger charge is -2.46. The fraction of sp³-hybridized carbons (Fsp3) is 0.354. The average molecular weight is 1690 g/mol. The maximum Gasteiger partial charge on any atom is 0.255 e. The minimum Gasteiger partial charge on any atom is -0.508 e. The van der Waals surface area contributed by atoms with Crippen molar-refractivity contribution in [1.29, 1.82) is 0 Å². The summed E-state index contributed by atoms with van der Waals surface area (Å²) in [5.41, 5.74) is 9.11. The lowest BCUT2D eigenvalue weighted by Crippen LogP contribution is -2.58. The fourth-order valence-corrected chi connectivity index (χ4v) is 18.3. The Labute approximate surface area is 667 Å². The van der Waals surface area contributed by atoms with Crippen LogP contribution in [0.2, 0.25) is 0 Å². The molecule has 5 aromatic rings. The summed E-state index contributed by atoms with van der Waals surface area (Å²) in [5.74, 6) is -21.0. The predicted molar refractivity (Wildman–Crippen MR) is 428 cm³/mol. The molecule has 0 unspecified atom stereocenters. The van der Waals surface area contributed by atoms with Crippen LogP contribution in [0.3, 0.4) is 0 Å². The Hall–Kier alpha value is -11.1. The summed E-state index contributed by atoms with van der Waals surface area (Å²) in [5, 5.41) is 133. The molecule has 0 aromatic heterocycles. The second-order valence-electron chi connectivity index (χ2n) is 29.2. The van der Waals surface area contributed by atoms with E-state index in [1.165, 1.54) is 12.1 Å². The molecule has 14 rings (SSSR count). The largest absolute Gasteiger partial charge is 0.508 e. The number of aromatic hydroxyl groups is 3. The smallest absolute Gasteiger partial charge is 0.255 e. The maximum absolute atomic E-state index is 13.8. The Morgan fingerprint density at radius 2 is 0.752 bits per heavy atom. The van der Waals surface area contributed by atoms with Crippen LogP contribution in [0.1, 0.15) is 133 Å². The lowest BCUT2D eigenvalue weighted by molar-refractivity contribution is -0.148. The minimum absolute atomic E-state index is 0. The van der Waals surface area contributed by atoms with E-state index in [-0.39, 0.29) is 125 Å². The first-order valence-electron chi connectivity index (χ1n) is 34.2. The van der Waals surface area contributed by atoms with Crippen LogP contribution in [-0.4, -0.2) is 184 Å². The molecule has 0 spiro atoms. The van der Waals surface area contributed by atoms with Gasteiger partial charge in [0.1, 0.15) is 68.5 Å². The highest BCUT2D eigenvalue weighted by molar-refractivity contribution is 14.1. The third-order valence-electron chi connectivity index (χ3n) is 22.3. The minimum atomic E-state index is -2.65. The Morgan fingerprint density at radius 1 is 0.442 bits per heavy atom. The first kappa shape index (κ1) is 87.4. The van der Waals surface area contributed by atoms with Gasteiger partial charge in [0.15, 0.2) is 39.9 Å². The third-order valence-corrected chi connectivity index (χ3v) is 24.0. The number of anilines is 3. The van der Waals surface area contributed by atoms with Crippen molar-refractivity contribution >= 4 is 132 Å². The number of nitrogens with two attached hydrogens (primary N) is 3. The summed E-state index contributed by atoms with van der Waals surface area (Å²) in [6.07, 6.45) is -0.364. The molecule has 0 bridgehead atoms. The van der Waals surface area contributed by atoms with E-state index in [0.29, 0.717) is 42.1 Å². The number of rotatable bonds is 10. The van der Waals surface area contributed by atoms with E-state index in [9.17, 15) is 114 Å². The molecular formula is C82H91IN6O23S. The molecular weight excluding hydrogens is 1600 g/mol. The number of primary amides is 3. The van der Waals surface area contributed by atoms with Crippen LogP contribution in [0.4, 0.5) is 17.1 Å². The molecule has 31 heteroatoms. The van der Waals surface area contributed by atoms with Crippen LogP contribution >= 0.6 is 34.4 Å². The van der Waals surface area contributed by atoms with Crippen LogP contribution < -0.4 is 31.9 Å². The number of thioether (sulfide) groups is 1. The van der Waals surface area contributed by atoms with E-state index < -0.39 is 191 Å².